The molecule has 5 nitrogen and oxygen atoms in total. The van der Waals surface area contributed by atoms with Gasteiger partial charge in [0.15, 0.2) is 5.82 Å². The van der Waals surface area contributed by atoms with E-state index < -0.39 is 0 Å². The van der Waals surface area contributed by atoms with Gasteiger partial charge in [-0.15, -0.1) is 0 Å². The van der Waals surface area contributed by atoms with Crippen molar-refractivity contribution in [3.05, 3.63) is 36.5 Å². The van der Waals surface area contributed by atoms with Crippen LogP contribution in [0.15, 0.2) is 36.5 Å². The summed E-state index contributed by atoms with van der Waals surface area (Å²) in [6.07, 6.45) is 9.46. The van der Waals surface area contributed by atoms with Crippen molar-refractivity contribution >= 4 is 23.1 Å². The van der Waals surface area contributed by atoms with E-state index in [4.69, 9.17) is 4.98 Å². The average molecular weight is 309 g/mol. The van der Waals surface area contributed by atoms with Crippen LogP contribution < -0.4 is 16.0 Å². The molecule has 0 bridgehead atoms. The van der Waals surface area contributed by atoms with E-state index in [2.05, 4.69) is 20.9 Å². The highest BCUT2D eigenvalue weighted by molar-refractivity contribution is 5.67. The lowest BCUT2D eigenvalue weighted by atomic mass is 10.2. The molecule has 2 aromatic rings. The van der Waals surface area contributed by atoms with Gasteiger partial charge in [-0.3, -0.25) is 0 Å². The summed E-state index contributed by atoms with van der Waals surface area (Å²) in [6.45, 7) is 0. The fourth-order valence-electron chi connectivity index (χ4n) is 3.02. The van der Waals surface area contributed by atoms with Crippen molar-refractivity contribution in [3.8, 4) is 0 Å². The van der Waals surface area contributed by atoms with Crippen molar-refractivity contribution in [1.29, 1.82) is 0 Å². The Morgan fingerprint density at radius 1 is 0.870 bits per heavy atom. The molecule has 0 amide bonds. The van der Waals surface area contributed by atoms with Crippen LogP contribution in [-0.4, -0.2) is 22.1 Å². The molecule has 0 radical (unpaired) electrons. The molecule has 23 heavy (non-hydrogen) atoms. The Kier molecular flexibility index (Phi) is 4.01. The van der Waals surface area contributed by atoms with Gasteiger partial charge in [0, 0.05) is 17.8 Å². The summed E-state index contributed by atoms with van der Waals surface area (Å²) in [7, 11) is 0. The van der Waals surface area contributed by atoms with E-state index in [-0.39, 0.29) is 0 Å². The highest BCUT2D eigenvalue weighted by Crippen LogP contribution is 2.31. The lowest BCUT2D eigenvalue weighted by Gasteiger charge is -2.17. The Bertz CT molecular complexity index is 648. The van der Waals surface area contributed by atoms with Gasteiger partial charge in [0.05, 0.1) is 11.9 Å². The predicted molar refractivity (Wildman–Crippen MR) is 94.3 cm³/mol. The summed E-state index contributed by atoms with van der Waals surface area (Å²) in [5.41, 5.74) is 2.03. The molecule has 120 valence electrons. The van der Waals surface area contributed by atoms with Gasteiger partial charge < -0.3 is 16.0 Å². The van der Waals surface area contributed by atoms with E-state index in [1.165, 1.54) is 38.5 Å². The zero-order valence-corrected chi connectivity index (χ0v) is 13.3. The fourth-order valence-corrected chi connectivity index (χ4v) is 3.02. The predicted octanol–water partition coefficient (Wildman–Crippen LogP) is 4.15. The molecule has 0 unspecified atom stereocenters. The Labute approximate surface area is 136 Å². The molecule has 2 saturated carbocycles. The Morgan fingerprint density at radius 3 is 2.35 bits per heavy atom. The van der Waals surface area contributed by atoms with E-state index in [0.29, 0.717) is 18.0 Å². The van der Waals surface area contributed by atoms with Crippen LogP contribution in [0, 0.1) is 0 Å². The molecule has 1 aromatic carbocycles. The normalized spacial score (nSPS) is 17.9. The number of aromatic nitrogens is 2. The van der Waals surface area contributed by atoms with Gasteiger partial charge in [-0.1, -0.05) is 31.0 Å². The second kappa shape index (κ2) is 6.44. The first-order chi connectivity index (χ1) is 11.4. The monoisotopic (exact) mass is 309 g/mol. The highest BCUT2D eigenvalue weighted by Gasteiger charge is 2.24. The van der Waals surface area contributed by atoms with Gasteiger partial charge in [0.25, 0.3) is 0 Å². The number of anilines is 4. The van der Waals surface area contributed by atoms with Crippen molar-refractivity contribution in [2.45, 2.75) is 50.6 Å². The van der Waals surface area contributed by atoms with Crippen LogP contribution in [0.4, 0.5) is 23.1 Å². The second-order valence-corrected chi connectivity index (χ2v) is 6.49. The van der Waals surface area contributed by atoms with Gasteiger partial charge in [-0.05, 0) is 37.8 Å². The molecule has 0 saturated heterocycles. The maximum Gasteiger partial charge on any atom is 0.229 e. The number of para-hydroxylation sites is 1. The Morgan fingerprint density at radius 2 is 1.61 bits per heavy atom. The van der Waals surface area contributed by atoms with Crippen molar-refractivity contribution in [2.24, 2.45) is 0 Å². The van der Waals surface area contributed by atoms with Crippen LogP contribution in [0.25, 0.3) is 0 Å². The maximum absolute atomic E-state index is 4.72. The number of rotatable bonds is 6. The third kappa shape index (κ3) is 3.73. The smallest absolute Gasteiger partial charge is 0.229 e. The van der Waals surface area contributed by atoms with Gasteiger partial charge in [0.1, 0.15) is 0 Å². The molecule has 0 atom stereocenters. The van der Waals surface area contributed by atoms with Crippen LogP contribution in [0.1, 0.15) is 38.5 Å². The third-order valence-electron chi connectivity index (χ3n) is 4.45. The topological polar surface area (TPSA) is 61.9 Å². The van der Waals surface area contributed by atoms with E-state index >= 15 is 0 Å². The van der Waals surface area contributed by atoms with Gasteiger partial charge in [0.2, 0.25) is 5.95 Å². The van der Waals surface area contributed by atoms with E-state index in [0.717, 1.165) is 17.2 Å². The molecular formula is C18H23N5. The van der Waals surface area contributed by atoms with Crippen LogP contribution in [0.5, 0.6) is 0 Å². The van der Waals surface area contributed by atoms with Crippen molar-refractivity contribution in [2.75, 3.05) is 16.0 Å². The first-order valence-electron chi connectivity index (χ1n) is 8.59. The summed E-state index contributed by atoms with van der Waals surface area (Å²) in [5.74, 6) is 1.57. The summed E-state index contributed by atoms with van der Waals surface area (Å²) in [6, 6.07) is 11.2. The summed E-state index contributed by atoms with van der Waals surface area (Å²) >= 11 is 0. The van der Waals surface area contributed by atoms with E-state index in [9.17, 15) is 0 Å². The largest absolute Gasteiger partial charge is 0.378 e. The number of nitrogens with one attached hydrogen (secondary N) is 3. The van der Waals surface area contributed by atoms with E-state index in [1.807, 2.05) is 36.5 Å². The SMILES string of the molecule is c1ccc(Nc2ncc(NC3CC3)c(NC3CCCC3)n2)cc1. The minimum absolute atomic E-state index is 0.536. The first kappa shape index (κ1) is 14.3. The fraction of sp³-hybridized carbons (Fsp3) is 0.444. The quantitative estimate of drug-likeness (QED) is 0.748. The average Bonchev–Trinajstić information content (AvgIpc) is 3.24. The van der Waals surface area contributed by atoms with Gasteiger partial charge >= 0.3 is 0 Å². The molecule has 0 spiro atoms. The van der Waals surface area contributed by atoms with Crippen molar-refractivity contribution < 1.29 is 0 Å². The number of nitrogens with zero attached hydrogens (tertiary/aromatic N) is 2. The molecular weight excluding hydrogens is 286 g/mol. The van der Waals surface area contributed by atoms with E-state index in [1.54, 1.807) is 0 Å². The number of hydrogen-bond acceptors (Lipinski definition) is 5. The van der Waals surface area contributed by atoms with Crippen molar-refractivity contribution in [1.82, 2.24) is 9.97 Å². The van der Waals surface area contributed by atoms with Crippen LogP contribution in [-0.2, 0) is 0 Å². The minimum atomic E-state index is 0.536. The zero-order valence-electron chi connectivity index (χ0n) is 13.3. The number of hydrogen-bond donors (Lipinski definition) is 3. The highest BCUT2D eigenvalue weighted by atomic mass is 15.2. The second-order valence-electron chi connectivity index (χ2n) is 6.49. The molecule has 1 heterocycles. The summed E-state index contributed by atoms with van der Waals surface area (Å²) in [4.78, 5) is 9.18. The van der Waals surface area contributed by atoms with Crippen LogP contribution in [0.3, 0.4) is 0 Å². The molecule has 5 heteroatoms. The maximum atomic E-state index is 4.72. The molecule has 2 aliphatic carbocycles. The lowest BCUT2D eigenvalue weighted by molar-refractivity contribution is 0.750. The number of benzene rings is 1. The molecule has 2 fully saturated rings. The van der Waals surface area contributed by atoms with Crippen molar-refractivity contribution in [3.63, 3.8) is 0 Å². The van der Waals surface area contributed by atoms with Gasteiger partial charge in [-0.25, -0.2) is 4.98 Å². The Balaban J connectivity index is 1.54. The third-order valence-corrected chi connectivity index (χ3v) is 4.45. The van der Waals surface area contributed by atoms with Crippen LogP contribution in [0.2, 0.25) is 0 Å². The minimum Gasteiger partial charge on any atom is -0.378 e. The Hall–Kier alpha value is -2.30. The molecule has 2 aliphatic rings. The summed E-state index contributed by atoms with van der Waals surface area (Å²) < 4.78 is 0. The molecule has 1 aromatic heterocycles. The van der Waals surface area contributed by atoms with Crippen LogP contribution >= 0.6 is 0 Å². The van der Waals surface area contributed by atoms with Gasteiger partial charge in [-0.2, -0.15) is 4.98 Å². The molecule has 0 aliphatic heterocycles. The molecule has 3 N–H and O–H groups in total. The summed E-state index contributed by atoms with van der Waals surface area (Å²) in [5, 5.41) is 10.4. The standard InChI is InChI=1S/C18H23N5/c1-2-6-14(7-3-1)22-18-19-12-16(20-15-10-11-15)17(23-18)21-13-8-4-5-9-13/h1-3,6-7,12-13,15,20H,4-5,8-11H2,(H2,19,21,22,23). The lowest BCUT2D eigenvalue weighted by Crippen LogP contribution is -2.18. The first-order valence-corrected chi connectivity index (χ1v) is 8.59. The zero-order chi connectivity index (χ0) is 15.5. The molecule has 4 rings (SSSR count).